The van der Waals surface area contributed by atoms with Gasteiger partial charge in [0, 0.05) is 44.5 Å². The van der Waals surface area contributed by atoms with Crippen LogP contribution in [0.3, 0.4) is 0 Å². The standard InChI is InChI=1S/C32H43N9O3/c1-31(2,3)44-30(42)40(18-23-8-9-23)25-7-6-14-39(19-25)29-11-10-28(35-36-29)32(21-43-22-32)41-20-27(34-37-41)24-15-26(17-33-16-24)38-12-4-5-13-38/h10-11,15-17,20,23,25H,4-9,12-14,18-19,21-22H2,1-3H3/t25-/m1/s1. The van der Waals surface area contributed by atoms with Gasteiger partial charge in [0.05, 0.1) is 43.0 Å². The summed E-state index contributed by atoms with van der Waals surface area (Å²) in [7, 11) is 0. The Bertz CT molecular complexity index is 1460. The van der Waals surface area contributed by atoms with E-state index >= 15 is 0 Å². The molecule has 1 aliphatic carbocycles. The molecule has 1 amide bonds. The minimum Gasteiger partial charge on any atom is -0.444 e. The van der Waals surface area contributed by atoms with Gasteiger partial charge in [0.2, 0.25) is 0 Å². The minimum atomic E-state index is -0.557. The highest BCUT2D eigenvalue weighted by Gasteiger charge is 2.46. The van der Waals surface area contributed by atoms with Gasteiger partial charge in [0.15, 0.2) is 11.4 Å². The summed E-state index contributed by atoms with van der Waals surface area (Å²) in [5.41, 5.74) is 2.56. The molecule has 3 saturated heterocycles. The molecule has 4 fully saturated rings. The van der Waals surface area contributed by atoms with Crippen molar-refractivity contribution >= 4 is 17.6 Å². The van der Waals surface area contributed by atoms with Crippen molar-refractivity contribution in [3.8, 4) is 11.3 Å². The summed E-state index contributed by atoms with van der Waals surface area (Å²) in [5, 5.41) is 18.4. The lowest BCUT2D eigenvalue weighted by atomic mass is 9.93. The molecule has 0 aromatic carbocycles. The van der Waals surface area contributed by atoms with Crippen molar-refractivity contribution in [2.24, 2.45) is 5.92 Å². The Hall–Kier alpha value is -3.80. The zero-order chi connectivity index (χ0) is 30.3. The lowest BCUT2D eigenvalue weighted by molar-refractivity contribution is -0.0855. The molecular formula is C32H43N9O3. The van der Waals surface area contributed by atoms with Gasteiger partial charge in [0.1, 0.15) is 11.3 Å². The number of carbonyl (C=O) groups excluding carboxylic acids is 1. The van der Waals surface area contributed by atoms with Gasteiger partial charge in [-0.1, -0.05) is 5.21 Å². The molecule has 4 aliphatic rings. The van der Waals surface area contributed by atoms with E-state index in [4.69, 9.17) is 14.6 Å². The normalized spacial score (nSPS) is 21.7. The predicted molar refractivity (Wildman–Crippen MR) is 166 cm³/mol. The van der Waals surface area contributed by atoms with Crippen LogP contribution >= 0.6 is 0 Å². The van der Waals surface area contributed by atoms with Gasteiger partial charge >= 0.3 is 6.09 Å². The largest absolute Gasteiger partial charge is 0.444 e. The van der Waals surface area contributed by atoms with Crippen LogP contribution in [0.2, 0.25) is 0 Å². The van der Waals surface area contributed by atoms with Crippen LogP contribution in [-0.2, 0) is 15.0 Å². The molecule has 6 heterocycles. The fourth-order valence-electron chi connectivity index (χ4n) is 6.45. The van der Waals surface area contributed by atoms with Gasteiger partial charge in [-0.3, -0.25) is 4.98 Å². The number of hydrogen-bond donors (Lipinski definition) is 0. The number of amides is 1. The van der Waals surface area contributed by atoms with E-state index < -0.39 is 11.1 Å². The van der Waals surface area contributed by atoms with Gasteiger partial charge in [-0.25, -0.2) is 9.48 Å². The molecule has 0 spiro atoms. The smallest absolute Gasteiger partial charge is 0.410 e. The van der Waals surface area contributed by atoms with Gasteiger partial charge in [-0.15, -0.1) is 10.2 Å². The molecule has 3 aromatic rings. The monoisotopic (exact) mass is 601 g/mol. The summed E-state index contributed by atoms with van der Waals surface area (Å²) in [6.45, 7) is 11.2. The number of pyridine rings is 1. The SMILES string of the molecule is CC(C)(C)OC(=O)N(CC1CC1)[C@@H]1CCCN(c2ccc(C3(n4cc(-c5cncc(N6CCCC6)c5)nn4)COC3)nn2)C1. The van der Waals surface area contributed by atoms with Crippen molar-refractivity contribution in [1.29, 1.82) is 0 Å². The van der Waals surface area contributed by atoms with Crippen LogP contribution in [0, 0.1) is 5.92 Å². The summed E-state index contributed by atoms with van der Waals surface area (Å²) in [6.07, 6.45) is 12.2. The van der Waals surface area contributed by atoms with Crippen LogP contribution in [-0.4, -0.2) is 98.7 Å². The molecule has 44 heavy (non-hydrogen) atoms. The maximum atomic E-state index is 13.2. The molecule has 7 rings (SSSR count). The Morgan fingerprint density at radius 1 is 1.02 bits per heavy atom. The summed E-state index contributed by atoms with van der Waals surface area (Å²) < 4.78 is 13.4. The molecule has 12 heteroatoms. The van der Waals surface area contributed by atoms with Gasteiger partial charge in [0.25, 0.3) is 0 Å². The third-order valence-corrected chi connectivity index (χ3v) is 9.17. The first-order chi connectivity index (χ1) is 21.3. The summed E-state index contributed by atoms with van der Waals surface area (Å²) in [6, 6.07) is 6.29. The average molecular weight is 602 g/mol. The van der Waals surface area contributed by atoms with Gasteiger partial charge < -0.3 is 24.2 Å². The topological polar surface area (TPSA) is 115 Å². The first-order valence-electron chi connectivity index (χ1n) is 16.1. The van der Waals surface area contributed by atoms with Crippen LogP contribution < -0.4 is 9.80 Å². The van der Waals surface area contributed by atoms with E-state index in [1.165, 1.54) is 25.7 Å². The number of carbonyl (C=O) groups is 1. The van der Waals surface area contributed by atoms with Crippen molar-refractivity contribution in [2.45, 2.75) is 76.5 Å². The molecule has 3 aromatic heterocycles. The minimum absolute atomic E-state index is 0.0825. The Balaban J connectivity index is 1.06. The predicted octanol–water partition coefficient (Wildman–Crippen LogP) is 4.12. The average Bonchev–Trinajstić information content (AvgIpc) is 3.41. The molecule has 0 unspecified atom stereocenters. The summed E-state index contributed by atoms with van der Waals surface area (Å²) in [5.74, 6) is 1.40. The first-order valence-corrected chi connectivity index (χ1v) is 16.1. The van der Waals surface area contributed by atoms with E-state index in [9.17, 15) is 4.79 Å². The molecule has 0 radical (unpaired) electrons. The molecule has 0 N–H and O–H groups in total. The molecule has 12 nitrogen and oxygen atoms in total. The van der Waals surface area contributed by atoms with Crippen LogP contribution in [0.4, 0.5) is 16.3 Å². The Morgan fingerprint density at radius 3 is 2.50 bits per heavy atom. The molecule has 234 valence electrons. The number of aromatic nitrogens is 6. The third-order valence-electron chi connectivity index (χ3n) is 9.17. The van der Waals surface area contributed by atoms with Crippen molar-refractivity contribution < 1.29 is 14.3 Å². The van der Waals surface area contributed by atoms with E-state index in [0.29, 0.717) is 25.7 Å². The highest BCUT2D eigenvalue weighted by molar-refractivity contribution is 5.69. The second-order valence-corrected chi connectivity index (χ2v) is 13.8. The maximum Gasteiger partial charge on any atom is 0.410 e. The Labute approximate surface area is 258 Å². The first kappa shape index (κ1) is 28.9. The third kappa shape index (κ3) is 5.96. The van der Waals surface area contributed by atoms with Crippen molar-refractivity contribution in [2.75, 3.05) is 55.7 Å². The van der Waals surface area contributed by atoms with Crippen LogP contribution in [0.15, 0.2) is 36.8 Å². The lowest BCUT2D eigenvalue weighted by Crippen LogP contribution is -2.54. The fraction of sp³-hybridized carbons (Fsp3) is 0.625. The molecular weight excluding hydrogens is 558 g/mol. The van der Waals surface area contributed by atoms with Gasteiger partial charge in [-0.2, -0.15) is 5.10 Å². The number of hydrogen-bond acceptors (Lipinski definition) is 10. The number of anilines is 2. The second-order valence-electron chi connectivity index (χ2n) is 13.8. The quantitative estimate of drug-likeness (QED) is 0.374. The van der Waals surface area contributed by atoms with E-state index in [0.717, 1.165) is 67.5 Å². The lowest BCUT2D eigenvalue weighted by Gasteiger charge is -2.41. The second kappa shape index (κ2) is 11.6. The highest BCUT2D eigenvalue weighted by atomic mass is 16.6. The van der Waals surface area contributed by atoms with Crippen LogP contribution in [0.5, 0.6) is 0 Å². The number of ether oxygens (including phenoxy) is 2. The van der Waals surface area contributed by atoms with E-state index in [-0.39, 0.29) is 12.1 Å². The van der Waals surface area contributed by atoms with Crippen LogP contribution in [0.1, 0.15) is 65.0 Å². The van der Waals surface area contributed by atoms with Crippen molar-refractivity contribution in [1.82, 2.24) is 35.1 Å². The van der Waals surface area contributed by atoms with Crippen molar-refractivity contribution in [3.63, 3.8) is 0 Å². The molecule has 0 bridgehead atoms. The van der Waals surface area contributed by atoms with Crippen LogP contribution in [0.25, 0.3) is 11.3 Å². The maximum absolute atomic E-state index is 13.2. The summed E-state index contributed by atoms with van der Waals surface area (Å²) in [4.78, 5) is 24.3. The highest BCUT2D eigenvalue weighted by Crippen LogP contribution is 2.35. The van der Waals surface area contributed by atoms with E-state index in [1.54, 1.807) is 0 Å². The Morgan fingerprint density at radius 2 is 1.82 bits per heavy atom. The Kier molecular flexibility index (Phi) is 7.63. The summed E-state index contributed by atoms with van der Waals surface area (Å²) >= 11 is 0. The zero-order valence-electron chi connectivity index (χ0n) is 26.1. The molecule has 1 saturated carbocycles. The molecule has 1 atom stereocenters. The number of nitrogens with zero attached hydrogens (tertiary/aromatic N) is 9. The van der Waals surface area contributed by atoms with Gasteiger partial charge in [-0.05, 0) is 83.4 Å². The zero-order valence-corrected chi connectivity index (χ0v) is 26.1. The number of piperidine rings is 1. The number of rotatable bonds is 8. The fourth-order valence-corrected chi connectivity index (χ4v) is 6.45. The van der Waals surface area contributed by atoms with E-state index in [2.05, 4.69) is 36.3 Å². The van der Waals surface area contributed by atoms with E-state index in [1.807, 2.05) is 61.1 Å². The van der Waals surface area contributed by atoms with Crippen molar-refractivity contribution in [3.05, 3.63) is 42.5 Å². The molecule has 3 aliphatic heterocycles.